The number of thiazole rings is 1. The van der Waals surface area contributed by atoms with Gasteiger partial charge in [-0.15, -0.1) is 11.3 Å². The fraction of sp³-hybridized carbons (Fsp3) is 0.0909. The number of nitriles is 1. The van der Waals surface area contributed by atoms with Gasteiger partial charge in [-0.25, -0.2) is 4.98 Å². The van der Waals surface area contributed by atoms with Crippen molar-refractivity contribution in [1.82, 2.24) is 4.98 Å². The molecule has 1 aromatic heterocycles. The second kappa shape index (κ2) is 3.48. The van der Waals surface area contributed by atoms with Gasteiger partial charge in [-0.3, -0.25) is 5.32 Å². The van der Waals surface area contributed by atoms with Crippen LogP contribution in [0.5, 0.6) is 0 Å². The Morgan fingerprint density at radius 1 is 1.50 bits per heavy atom. The maximum absolute atomic E-state index is 8.53. The lowest BCUT2D eigenvalue weighted by Gasteiger charge is -1.99. The Morgan fingerprint density at radius 2 is 2.38 bits per heavy atom. The van der Waals surface area contributed by atoms with Gasteiger partial charge in [-0.2, -0.15) is 5.26 Å². The van der Waals surface area contributed by atoms with E-state index in [4.69, 9.17) is 16.9 Å². The molecule has 1 heterocycles. The highest BCUT2D eigenvalue weighted by Gasteiger charge is 2.23. The molecule has 0 spiro atoms. The monoisotopic (exact) mass is 247 g/mol. The Hall–Kier alpha value is -1.57. The van der Waals surface area contributed by atoms with Gasteiger partial charge < -0.3 is 0 Å². The van der Waals surface area contributed by atoms with Crippen LogP contribution in [0.2, 0.25) is 5.02 Å². The first-order valence-corrected chi connectivity index (χ1v) is 5.91. The average molecular weight is 248 g/mol. The number of rotatable bonds is 1. The molecule has 3 rings (SSSR count). The molecular formula is C11H6ClN3S. The molecule has 16 heavy (non-hydrogen) atoms. The number of hydrogen-bond acceptors (Lipinski definition) is 4. The van der Waals surface area contributed by atoms with Crippen LogP contribution in [0.1, 0.15) is 10.4 Å². The van der Waals surface area contributed by atoms with Gasteiger partial charge in [0.15, 0.2) is 11.3 Å². The van der Waals surface area contributed by atoms with Crippen molar-refractivity contribution < 1.29 is 0 Å². The predicted octanol–water partition coefficient (Wildman–Crippen LogP) is 3.26. The van der Waals surface area contributed by atoms with E-state index in [1.165, 1.54) is 21.8 Å². The summed E-state index contributed by atoms with van der Waals surface area (Å²) < 4.78 is 0. The highest BCUT2D eigenvalue weighted by atomic mass is 35.5. The number of hydrogen-bond donors (Lipinski definition) is 1. The Balaban J connectivity index is 2.10. The number of halogens is 1. The van der Waals surface area contributed by atoms with Gasteiger partial charge in [0, 0.05) is 21.9 Å². The van der Waals surface area contributed by atoms with E-state index in [2.05, 4.69) is 10.3 Å². The van der Waals surface area contributed by atoms with Gasteiger partial charge in [-0.1, -0.05) is 17.7 Å². The fourth-order valence-corrected chi connectivity index (χ4v) is 3.04. The first kappa shape index (κ1) is 9.64. The van der Waals surface area contributed by atoms with E-state index in [9.17, 15) is 0 Å². The summed E-state index contributed by atoms with van der Waals surface area (Å²) in [5.74, 6) is 0. The third kappa shape index (κ3) is 1.37. The molecule has 3 nitrogen and oxygen atoms in total. The van der Waals surface area contributed by atoms with Crippen LogP contribution < -0.4 is 5.32 Å². The van der Waals surface area contributed by atoms with Crippen LogP contribution in [0.4, 0.5) is 5.13 Å². The van der Waals surface area contributed by atoms with E-state index < -0.39 is 0 Å². The maximum atomic E-state index is 8.53. The van der Waals surface area contributed by atoms with Gasteiger partial charge in [-0.05, 0) is 17.7 Å². The minimum absolute atomic E-state index is 0.660. The van der Waals surface area contributed by atoms with Crippen LogP contribution in [-0.2, 0) is 6.42 Å². The summed E-state index contributed by atoms with van der Waals surface area (Å²) in [7, 11) is 0. The van der Waals surface area contributed by atoms with E-state index in [1.54, 1.807) is 0 Å². The highest BCUT2D eigenvalue weighted by molar-refractivity contribution is 7.16. The van der Waals surface area contributed by atoms with Crippen molar-refractivity contribution in [2.24, 2.45) is 0 Å². The molecule has 1 aliphatic carbocycles. The van der Waals surface area contributed by atoms with Crippen LogP contribution in [0.15, 0.2) is 18.2 Å². The van der Waals surface area contributed by atoms with Gasteiger partial charge >= 0.3 is 0 Å². The zero-order chi connectivity index (χ0) is 11.1. The number of fused-ring (bicyclic) bond motifs is 3. The smallest absolute Gasteiger partial charge is 0.196 e. The van der Waals surface area contributed by atoms with Crippen molar-refractivity contribution in [3.05, 3.63) is 33.7 Å². The molecule has 78 valence electrons. The molecule has 1 aromatic carbocycles. The van der Waals surface area contributed by atoms with Gasteiger partial charge in [0.1, 0.15) is 0 Å². The van der Waals surface area contributed by atoms with E-state index in [1.807, 2.05) is 24.4 Å². The predicted molar refractivity (Wildman–Crippen MR) is 64.6 cm³/mol. The fourth-order valence-electron chi connectivity index (χ4n) is 1.90. The molecular weight excluding hydrogens is 242 g/mol. The summed E-state index contributed by atoms with van der Waals surface area (Å²) in [6.07, 6.45) is 2.74. The van der Waals surface area contributed by atoms with Crippen LogP contribution in [0.25, 0.3) is 11.3 Å². The first-order chi connectivity index (χ1) is 7.78. The van der Waals surface area contributed by atoms with Crippen molar-refractivity contribution in [1.29, 1.82) is 5.26 Å². The normalized spacial score (nSPS) is 11.8. The summed E-state index contributed by atoms with van der Waals surface area (Å²) in [4.78, 5) is 5.58. The third-order valence-electron chi connectivity index (χ3n) is 2.53. The third-order valence-corrected chi connectivity index (χ3v) is 3.74. The average Bonchev–Trinajstić information content (AvgIpc) is 2.74. The van der Waals surface area contributed by atoms with E-state index in [0.717, 1.165) is 22.7 Å². The molecule has 2 aromatic rings. The zero-order valence-corrected chi connectivity index (χ0v) is 9.69. The largest absolute Gasteiger partial charge is 0.268 e. The molecule has 5 heteroatoms. The first-order valence-electron chi connectivity index (χ1n) is 4.71. The lowest BCUT2D eigenvalue weighted by molar-refractivity contribution is 1.31. The number of aromatic nitrogens is 1. The molecule has 0 fully saturated rings. The molecule has 1 N–H and O–H groups in total. The Labute approximate surface area is 101 Å². The topological polar surface area (TPSA) is 48.7 Å². The second-order valence-corrected chi connectivity index (χ2v) is 5.03. The minimum Gasteiger partial charge on any atom is -0.268 e. The van der Waals surface area contributed by atoms with E-state index >= 15 is 0 Å². The SMILES string of the molecule is N#CNc1nc2c(s1)Cc1cc(Cl)ccc1-2. The number of anilines is 1. The van der Waals surface area contributed by atoms with Crippen molar-refractivity contribution in [3.63, 3.8) is 0 Å². The Morgan fingerprint density at radius 3 is 3.19 bits per heavy atom. The summed E-state index contributed by atoms with van der Waals surface area (Å²) in [6.45, 7) is 0. The van der Waals surface area contributed by atoms with Crippen LogP contribution >= 0.6 is 22.9 Å². The maximum Gasteiger partial charge on any atom is 0.196 e. The van der Waals surface area contributed by atoms with Crippen molar-refractivity contribution in [2.45, 2.75) is 6.42 Å². The Bertz CT molecular complexity index is 612. The molecule has 0 saturated carbocycles. The van der Waals surface area contributed by atoms with Gasteiger partial charge in [0.05, 0.1) is 5.69 Å². The number of benzene rings is 1. The van der Waals surface area contributed by atoms with Crippen LogP contribution in [0.3, 0.4) is 0 Å². The zero-order valence-electron chi connectivity index (χ0n) is 8.12. The molecule has 0 bridgehead atoms. The number of nitrogens with zero attached hydrogens (tertiary/aromatic N) is 2. The van der Waals surface area contributed by atoms with E-state index in [-0.39, 0.29) is 0 Å². The second-order valence-electron chi connectivity index (χ2n) is 3.51. The molecule has 0 atom stereocenters. The number of nitrogens with one attached hydrogen (secondary N) is 1. The Kier molecular flexibility index (Phi) is 2.10. The highest BCUT2D eigenvalue weighted by Crippen LogP contribution is 2.41. The van der Waals surface area contributed by atoms with Crippen molar-refractivity contribution in [2.75, 3.05) is 5.32 Å². The van der Waals surface area contributed by atoms with Crippen molar-refractivity contribution >= 4 is 28.1 Å². The van der Waals surface area contributed by atoms with Crippen molar-refractivity contribution in [3.8, 4) is 17.5 Å². The summed E-state index contributed by atoms with van der Waals surface area (Å²) in [6, 6.07) is 5.83. The minimum atomic E-state index is 0.660. The van der Waals surface area contributed by atoms with Crippen LogP contribution in [-0.4, -0.2) is 4.98 Å². The molecule has 0 aliphatic heterocycles. The lowest BCUT2D eigenvalue weighted by atomic mass is 10.1. The van der Waals surface area contributed by atoms with E-state index in [0.29, 0.717) is 5.13 Å². The molecule has 0 saturated heterocycles. The van der Waals surface area contributed by atoms with Crippen LogP contribution in [0, 0.1) is 11.5 Å². The van der Waals surface area contributed by atoms with Gasteiger partial charge in [0.2, 0.25) is 0 Å². The molecule has 0 amide bonds. The molecule has 1 aliphatic rings. The summed E-state index contributed by atoms with van der Waals surface area (Å²) >= 11 is 7.46. The molecule has 0 unspecified atom stereocenters. The molecule has 0 radical (unpaired) electrons. The van der Waals surface area contributed by atoms with Gasteiger partial charge in [0.25, 0.3) is 0 Å². The summed E-state index contributed by atoms with van der Waals surface area (Å²) in [5.41, 5.74) is 3.32. The lowest BCUT2D eigenvalue weighted by Crippen LogP contribution is -1.86. The standard InChI is InChI=1S/C11H6ClN3S/c12-7-1-2-8-6(3-7)4-9-10(8)15-11(16-9)14-5-13/h1-3H,4H2,(H,14,15). The quantitative estimate of drug-likeness (QED) is 0.530. The summed E-state index contributed by atoms with van der Waals surface area (Å²) in [5, 5.41) is 12.5.